The second-order valence-corrected chi connectivity index (χ2v) is 10.7. The lowest BCUT2D eigenvalue weighted by atomic mass is 10.2. The minimum Gasteiger partial charge on any atom is -0.633 e. The summed E-state index contributed by atoms with van der Waals surface area (Å²) in [4.78, 5) is 36.6. The van der Waals surface area contributed by atoms with Gasteiger partial charge in [-0.15, -0.1) is 0 Å². The Balaban J connectivity index is 1.27. The fourth-order valence-electron chi connectivity index (χ4n) is 5.00. The number of amides is 1. The zero-order valence-corrected chi connectivity index (χ0v) is 23.8. The largest absolute Gasteiger partial charge is 0.633 e. The Bertz CT molecular complexity index is 1860. The number of quaternary nitrogens is 1. The Hall–Kier alpha value is -5.26. The van der Waals surface area contributed by atoms with Crippen molar-refractivity contribution in [3.63, 3.8) is 0 Å². The highest BCUT2D eigenvalue weighted by atomic mass is 16.5. The molecule has 43 heavy (non-hydrogen) atoms. The molecule has 1 aliphatic rings. The number of carbonyl (C=O) groups excluding carboxylic acids is 1. The third kappa shape index (κ3) is 5.63. The maximum absolute atomic E-state index is 13.9. The topological polar surface area (TPSA) is 131 Å². The summed E-state index contributed by atoms with van der Waals surface area (Å²) >= 11 is 0. The number of benzene rings is 3. The molecule has 0 bridgehead atoms. The van der Waals surface area contributed by atoms with Gasteiger partial charge >= 0.3 is 5.69 Å². The molecular formula is C32H31N7O4. The molecular weight excluding hydrogens is 546 g/mol. The normalized spacial score (nSPS) is 14.6. The van der Waals surface area contributed by atoms with E-state index < -0.39 is 0 Å². The zero-order chi connectivity index (χ0) is 30.1. The maximum atomic E-state index is 13.9. The smallest absolute Gasteiger partial charge is 0.339 e. The lowest BCUT2D eigenvalue weighted by molar-refractivity contribution is -0.865. The van der Waals surface area contributed by atoms with E-state index in [2.05, 4.69) is 9.97 Å². The van der Waals surface area contributed by atoms with E-state index in [1.165, 1.54) is 26.4 Å². The molecule has 2 aromatic heterocycles. The van der Waals surface area contributed by atoms with Crippen LogP contribution >= 0.6 is 0 Å². The first kappa shape index (κ1) is 27.9. The molecule has 0 spiro atoms. The second kappa shape index (κ2) is 11.2. The molecule has 1 atom stereocenters. The molecule has 2 N–H and O–H groups in total. The molecule has 5 aromatic rings. The molecule has 1 aliphatic carbocycles. The molecule has 1 saturated carbocycles. The van der Waals surface area contributed by atoms with E-state index in [0.29, 0.717) is 39.7 Å². The molecule has 11 heteroatoms. The first-order valence-electron chi connectivity index (χ1n) is 13.9. The van der Waals surface area contributed by atoms with Gasteiger partial charge in [0.25, 0.3) is 5.91 Å². The number of anilines is 2. The number of nitrogens with zero attached hydrogens (tertiary/aromatic N) is 6. The molecule has 2 heterocycles. The van der Waals surface area contributed by atoms with Crippen LogP contribution in [0.1, 0.15) is 12.8 Å². The number of hydroxylamine groups is 3. The van der Waals surface area contributed by atoms with Gasteiger partial charge in [0.15, 0.2) is 11.5 Å². The maximum Gasteiger partial charge on any atom is 0.339 e. The van der Waals surface area contributed by atoms with Crippen LogP contribution in [-0.4, -0.2) is 56.3 Å². The highest BCUT2D eigenvalue weighted by molar-refractivity contribution is 6.01. The van der Waals surface area contributed by atoms with Gasteiger partial charge < -0.3 is 25.2 Å². The van der Waals surface area contributed by atoms with Gasteiger partial charge in [-0.05, 0) is 66.7 Å². The number of rotatable bonds is 9. The van der Waals surface area contributed by atoms with Gasteiger partial charge in [-0.1, -0.05) is 18.2 Å². The number of hydrogen-bond donors (Lipinski definition) is 1. The summed E-state index contributed by atoms with van der Waals surface area (Å²) < 4.78 is 8.46. The molecule has 0 radical (unpaired) electrons. The van der Waals surface area contributed by atoms with Gasteiger partial charge in [0, 0.05) is 31.7 Å². The summed E-state index contributed by atoms with van der Waals surface area (Å²) in [5, 5.41) is 12.5. The third-order valence-corrected chi connectivity index (χ3v) is 7.60. The minimum absolute atomic E-state index is 0.132. The first-order valence-corrected chi connectivity index (χ1v) is 13.9. The van der Waals surface area contributed by atoms with E-state index in [-0.39, 0.29) is 34.6 Å². The summed E-state index contributed by atoms with van der Waals surface area (Å²) in [6.07, 6.45) is 6.25. The Labute approximate surface area is 247 Å². The van der Waals surface area contributed by atoms with Crippen molar-refractivity contribution < 1.29 is 14.2 Å². The average molecular weight is 578 g/mol. The SMILES string of the molecule is CN(C(=O)C=CC[N+](C)([O-])C1CC1)c1ccc(-n2c(=O)n(-c3ccc(Oc4ccccc4)cc3)c3c(N)ncnc32)cc1. The monoisotopic (exact) mass is 577 g/mol. The quantitative estimate of drug-likeness (QED) is 0.154. The molecule has 218 valence electrons. The van der Waals surface area contributed by atoms with Gasteiger partial charge in [0.1, 0.15) is 23.3 Å². The number of para-hydroxylation sites is 1. The third-order valence-electron chi connectivity index (χ3n) is 7.60. The van der Waals surface area contributed by atoms with Crippen LogP contribution in [0.25, 0.3) is 22.5 Å². The number of hydrogen-bond acceptors (Lipinski definition) is 7. The standard InChI is InChI=1S/C32H31N7O4/c1-36(28(40)9-6-20-39(2,42)25-16-17-25)22-10-12-24(13-11-22)38-31-29(30(33)34-21-35-31)37(32(38)41)23-14-18-27(19-15-23)43-26-7-4-3-5-8-26/h3-15,18-19,21,25H,16-17,20H2,1-2H3,(H2,33,34,35). The summed E-state index contributed by atoms with van der Waals surface area (Å²) in [6, 6.07) is 23.6. The first-order chi connectivity index (χ1) is 20.7. The minimum atomic E-state index is -0.381. The van der Waals surface area contributed by atoms with Gasteiger partial charge in [-0.25, -0.2) is 19.3 Å². The number of imidazole rings is 1. The van der Waals surface area contributed by atoms with E-state index in [1.54, 1.807) is 68.7 Å². The van der Waals surface area contributed by atoms with Crippen LogP contribution in [0.3, 0.4) is 0 Å². The van der Waals surface area contributed by atoms with Crippen molar-refractivity contribution in [3.05, 3.63) is 113 Å². The highest BCUT2D eigenvalue weighted by Crippen LogP contribution is 2.31. The van der Waals surface area contributed by atoms with Crippen LogP contribution in [0.2, 0.25) is 0 Å². The molecule has 1 unspecified atom stereocenters. The molecule has 0 aliphatic heterocycles. The number of ether oxygens (including phenoxy) is 1. The molecule has 3 aromatic carbocycles. The van der Waals surface area contributed by atoms with E-state index >= 15 is 0 Å². The van der Waals surface area contributed by atoms with Gasteiger partial charge in [-0.2, -0.15) is 0 Å². The second-order valence-electron chi connectivity index (χ2n) is 10.7. The van der Waals surface area contributed by atoms with Crippen molar-refractivity contribution in [1.82, 2.24) is 19.1 Å². The average Bonchev–Trinajstić information content (AvgIpc) is 3.83. The molecule has 1 amide bonds. The van der Waals surface area contributed by atoms with E-state index in [4.69, 9.17) is 10.5 Å². The van der Waals surface area contributed by atoms with Crippen molar-refractivity contribution in [1.29, 1.82) is 0 Å². The Kier molecular flexibility index (Phi) is 7.26. The van der Waals surface area contributed by atoms with Crippen LogP contribution in [-0.2, 0) is 4.79 Å². The Morgan fingerprint density at radius 2 is 1.63 bits per heavy atom. The summed E-state index contributed by atoms with van der Waals surface area (Å²) in [5.41, 5.74) is 8.32. The highest BCUT2D eigenvalue weighted by Gasteiger charge is 2.34. The molecule has 0 saturated heterocycles. The van der Waals surface area contributed by atoms with Crippen LogP contribution in [0.4, 0.5) is 11.5 Å². The number of nitrogens with two attached hydrogens (primary N) is 1. The van der Waals surface area contributed by atoms with Crippen molar-refractivity contribution in [2.24, 2.45) is 0 Å². The van der Waals surface area contributed by atoms with Gasteiger partial charge in [0.05, 0.1) is 31.0 Å². The van der Waals surface area contributed by atoms with E-state index in [9.17, 15) is 14.8 Å². The fourth-order valence-corrected chi connectivity index (χ4v) is 5.00. The Morgan fingerprint density at radius 1 is 1.00 bits per heavy atom. The number of nitrogen functional groups attached to an aromatic ring is 1. The number of carbonyl (C=O) groups is 1. The van der Waals surface area contributed by atoms with E-state index in [0.717, 1.165) is 12.8 Å². The lowest BCUT2D eigenvalue weighted by Gasteiger charge is -2.38. The van der Waals surface area contributed by atoms with Gasteiger partial charge in [-0.3, -0.25) is 9.36 Å². The van der Waals surface area contributed by atoms with Gasteiger partial charge in [0.2, 0.25) is 0 Å². The van der Waals surface area contributed by atoms with Crippen molar-refractivity contribution >= 4 is 28.6 Å². The number of fused-ring (bicyclic) bond motifs is 1. The predicted octanol–water partition coefficient (Wildman–Crippen LogP) is 4.57. The van der Waals surface area contributed by atoms with Crippen LogP contribution in [0.15, 0.2) is 102 Å². The van der Waals surface area contributed by atoms with Crippen LogP contribution < -0.4 is 21.1 Å². The van der Waals surface area contributed by atoms with Crippen molar-refractivity contribution in [3.8, 4) is 22.9 Å². The number of aromatic nitrogens is 4. The van der Waals surface area contributed by atoms with E-state index in [1.807, 2.05) is 30.3 Å². The number of likely N-dealkylation sites (N-methyl/N-ethyl adjacent to an activating group) is 2. The van der Waals surface area contributed by atoms with Crippen LogP contribution in [0, 0.1) is 5.21 Å². The van der Waals surface area contributed by atoms with Crippen molar-refractivity contribution in [2.45, 2.75) is 18.9 Å². The zero-order valence-electron chi connectivity index (χ0n) is 23.8. The molecule has 6 rings (SSSR count). The lowest BCUT2D eigenvalue weighted by Crippen LogP contribution is -2.40. The molecule has 11 nitrogen and oxygen atoms in total. The Morgan fingerprint density at radius 3 is 2.30 bits per heavy atom. The summed E-state index contributed by atoms with van der Waals surface area (Å²) in [5.74, 6) is 1.22. The van der Waals surface area contributed by atoms with Crippen LogP contribution in [0.5, 0.6) is 11.5 Å². The fraction of sp³-hybridized carbons (Fsp3) is 0.188. The van der Waals surface area contributed by atoms with Crippen molar-refractivity contribution in [2.75, 3.05) is 31.3 Å². The predicted molar refractivity (Wildman–Crippen MR) is 165 cm³/mol. The summed E-state index contributed by atoms with van der Waals surface area (Å²) in [6.45, 7) is 0.254. The summed E-state index contributed by atoms with van der Waals surface area (Å²) in [7, 11) is 3.30. The molecule has 1 fully saturated rings.